The maximum Gasteiger partial charge on any atom is 0.271 e. The van der Waals surface area contributed by atoms with Gasteiger partial charge in [0, 0.05) is 17.2 Å². The lowest BCUT2D eigenvalue weighted by Crippen LogP contribution is -2.28. The quantitative estimate of drug-likeness (QED) is 0.592. The molecule has 0 aliphatic heterocycles. The third-order valence-electron chi connectivity index (χ3n) is 5.31. The highest BCUT2D eigenvalue weighted by molar-refractivity contribution is 6.30. The van der Waals surface area contributed by atoms with Gasteiger partial charge in [0.1, 0.15) is 6.61 Å². The molecule has 2 atom stereocenters. The van der Waals surface area contributed by atoms with Crippen LogP contribution < -0.4 is 15.0 Å². The molecule has 0 radical (unpaired) electrons. The van der Waals surface area contributed by atoms with Gasteiger partial charge < -0.3 is 14.6 Å². The number of aliphatic hydroxyl groups is 1. The number of hydrogen-bond donors (Lipinski definition) is 1. The van der Waals surface area contributed by atoms with Gasteiger partial charge in [0.05, 0.1) is 24.6 Å². The predicted molar refractivity (Wildman–Crippen MR) is 120 cm³/mol. The number of ether oxygens (including phenoxy) is 2. The van der Waals surface area contributed by atoms with Gasteiger partial charge in [-0.05, 0) is 67.5 Å². The zero-order chi connectivity index (χ0) is 22.2. The summed E-state index contributed by atoms with van der Waals surface area (Å²) in [6.07, 6.45) is 2.75. The van der Waals surface area contributed by atoms with Crippen LogP contribution >= 0.6 is 11.6 Å². The normalized spacial score (nSPS) is 18.0. The van der Waals surface area contributed by atoms with Crippen molar-refractivity contribution in [2.24, 2.45) is 0 Å². The zero-order valence-electron chi connectivity index (χ0n) is 17.7. The number of halogens is 1. The topological polar surface area (TPSA) is 73.6 Å². The molecule has 2 aromatic carbocycles. The molecule has 0 bridgehead atoms. The molecule has 1 saturated carbocycles. The summed E-state index contributed by atoms with van der Waals surface area (Å²) in [6, 6.07) is 14.7. The molecule has 0 saturated heterocycles. The Kier molecular flexibility index (Phi) is 5.77. The molecule has 1 aromatic heterocycles. The fraction of sp³-hybridized carbons (Fsp3) is 0.333. The molecule has 0 amide bonds. The summed E-state index contributed by atoms with van der Waals surface area (Å²) in [6.45, 7) is 3.44. The van der Waals surface area contributed by atoms with Crippen LogP contribution in [0, 0.1) is 0 Å². The van der Waals surface area contributed by atoms with Crippen LogP contribution in [0.1, 0.15) is 43.2 Å². The Morgan fingerprint density at radius 1 is 1.10 bits per heavy atom. The first-order valence-electron chi connectivity index (χ1n) is 10.1. The number of nitrogens with zero attached hydrogens (tertiary/aromatic N) is 2. The first-order valence-corrected chi connectivity index (χ1v) is 10.5. The van der Waals surface area contributed by atoms with Crippen LogP contribution in [-0.4, -0.2) is 34.2 Å². The summed E-state index contributed by atoms with van der Waals surface area (Å²) < 4.78 is 12.4. The minimum absolute atomic E-state index is 0.117. The van der Waals surface area contributed by atoms with Crippen molar-refractivity contribution >= 4 is 11.6 Å². The molecule has 2 unspecified atom stereocenters. The van der Waals surface area contributed by atoms with Crippen molar-refractivity contribution in [2.45, 2.75) is 37.7 Å². The van der Waals surface area contributed by atoms with Crippen LogP contribution in [0.3, 0.4) is 0 Å². The van der Waals surface area contributed by atoms with Crippen molar-refractivity contribution in [1.82, 2.24) is 9.78 Å². The fourth-order valence-corrected chi connectivity index (χ4v) is 3.75. The standard InChI is InChI=1S/C24H25ClN2O4/c1-24(2,29)14-31-21-9-8-18(11-22(21)30-3)27-23(28)10-16(13-26-27)20-12-19(20)15-4-6-17(25)7-5-15/h4-11,13,19-20,29H,12,14H2,1-3H3. The van der Waals surface area contributed by atoms with Gasteiger partial charge >= 0.3 is 0 Å². The third kappa shape index (κ3) is 4.92. The second kappa shape index (κ2) is 8.36. The van der Waals surface area contributed by atoms with Crippen molar-refractivity contribution in [3.8, 4) is 17.2 Å². The number of aromatic nitrogens is 2. The summed E-state index contributed by atoms with van der Waals surface area (Å²) in [5.74, 6) is 1.64. The van der Waals surface area contributed by atoms with E-state index >= 15 is 0 Å². The first kappa shape index (κ1) is 21.4. The van der Waals surface area contributed by atoms with E-state index in [2.05, 4.69) is 5.10 Å². The monoisotopic (exact) mass is 440 g/mol. The minimum Gasteiger partial charge on any atom is -0.493 e. The van der Waals surface area contributed by atoms with Gasteiger partial charge in [-0.3, -0.25) is 4.79 Å². The third-order valence-corrected chi connectivity index (χ3v) is 5.56. The van der Waals surface area contributed by atoms with E-state index in [9.17, 15) is 9.90 Å². The van der Waals surface area contributed by atoms with Gasteiger partial charge in [-0.15, -0.1) is 0 Å². The predicted octanol–water partition coefficient (Wildman–Crippen LogP) is 4.32. The Balaban J connectivity index is 1.53. The van der Waals surface area contributed by atoms with Crippen LogP contribution in [0.15, 0.2) is 59.5 Å². The average Bonchev–Trinajstić information content (AvgIpc) is 3.53. The molecule has 1 N–H and O–H groups in total. The minimum atomic E-state index is -0.968. The summed E-state index contributed by atoms with van der Waals surface area (Å²) in [7, 11) is 1.53. The Hall–Kier alpha value is -2.83. The van der Waals surface area contributed by atoms with Crippen LogP contribution in [0.5, 0.6) is 11.5 Å². The molecule has 0 spiro atoms. The molecule has 4 rings (SSSR count). The Labute approximate surface area is 186 Å². The second-order valence-corrected chi connectivity index (χ2v) is 8.91. The van der Waals surface area contributed by atoms with Gasteiger partial charge in [0.15, 0.2) is 11.5 Å². The van der Waals surface area contributed by atoms with Gasteiger partial charge in [-0.2, -0.15) is 9.78 Å². The fourth-order valence-electron chi connectivity index (χ4n) is 3.62. The summed E-state index contributed by atoms with van der Waals surface area (Å²) in [5, 5.41) is 15.0. The SMILES string of the molecule is COc1cc(-n2ncc(C3CC3c3ccc(Cl)cc3)cc2=O)ccc1OCC(C)(C)O. The van der Waals surface area contributed by atoms with Gasteiger partial charge in [-0.25, -0.2) is 0 Å². The van der Waals surface area contributed by atoms with E-state index in [1.165, 1.54) is 17.4 Å². The molecular weight excluding hydrogens is 416 g/mol. The Morgan fingerprint density at radius 3 is 2.45 bits per heavy atom. The van der Waals surface area contributed by atoms with E-state index in [0.717, 1.165) is 17.0 Å². The molecule has 6 nitrogen and oxygen atoms in total. The highest BCUT2D eigenvalue weighted by Gasteiger charge is 2.40. The number of hydrogen-bond acceptors (Lipinski definition) is 5. The van der Waals surface area contributed by atoms with Crippen molar-refractivity contribution in [1.29, 1.82) is 0 Å². The molecule has 7 heteroatoms. The van der Waals surface area contributed by atoms with Gasteiger partial charge in [0.25, 0.3) is 5.56 Å². The van der Waals surface area contributed by atoms with Crippen molar-refractivity contribution in [3.63, 3.8) is 0 Å². The van der Waals surface area contributed by atoms with E-state index in [1.54, 1.807) is 44.3 Å². The lowest BCUT2D eigenvalue weighted by atomic mass is 10.1. The molecule has 1 aliphatic rings. The lowest BCUT2D eigenvalue weighted by molar-refractivity contribution is 0.0276. The number of methoxy groups -OCH3 is 1. The van der Waals surface area contributed by atoms with Gasteiger partial charge in [-0.1, -0.05) is 23.7 Å². The zero-order valence-corrected chi connectivity index (χ0v) is 18.5. The Bertz CT molecular complexity index is 1140. The molecular formula is C24H25ClN2O4. The highest BCUT2D eigenvalue weighted by atomic mass is 35.5. The van der Waals surface area contributed by atoms with Crippen LogP contribution in [0.2, 0.25) is 5.02 Å². The largest absolute Gasteiger partial charge is 0.493 e. The molecule has 162 valence electrons. The highest BCUT2D eigenvalue weighted by Crippen LogP contribution is 2.54. The smallest absolute Gasteiger partial charge is 0.271 e. The Morgan fingerprint density at radius 2 is 1.81 bits per heavy atom. The summed E-state index contributed by atoms with van der Waals surface area (Å²) >= 11 is 5.97. The summed E-state index contributed by atoms with van der Waals surface area (Å²) in [4.78, 5) is 12.8. The van der Waals surface area contributed by atoms with Gasteiger partial charge in [0.2, 0.25) is 0 Å². The van der Waals surface area contributed by atoms with E-state index in [0.29, 0.717) is 29.0 Å². The molecule has 1 fully saturated rings. The van der Waals surface area contributed by atoms with Crippen LogP contribution in [0.25, 0.3) is 5.69 Å². The van der Waals surface area contributed by atoms with E-state index in [1.807, 2.05) is 24.3 Å². The molecule has 31 heavy (non-hydrogen) atoms. The van der Waals surface area contributed by atoms with E-state index in [4.69, 9.17) is 21.1 Å². The second-order valence-electron chi connectivity index (χ2n) is 8.48. The maximum absolute atomic E-state index is 12.8. The average molecular weight is 441 g/mol. The van der Waals surface area contributed by atoms with Crippen molar-refractivity contribution in [2.75, 3.05) is 13.7 Å². The maximum atomic E-state index is 12.8. The van der Waals surface area contributed by atoms with E-state index < -0.39 is 5.60 Å². The van der Waals surface area contributed by atoms with Crippen molar-refractivity contribution < 1.29 is 14.6 Å². The molecule has 1 aliphatic carbocycles. The lowest BCUT2D eigenvalue weighted by Gasteiger charge is -2.19. The van der Waals surface area contributed by atoms with Crippen LogP contribution in [-0.2, 0) is 0 Å². The van der Waals surface area contributed by atoms with Crippen LogP contribution in [0.4, 0.5) is 0 Å². The summed E-state index contributed by atoms with van der Waals surface area (Å²) in [5.41, 5.74) is 1.58. The molecule has 3 aromatic rings. The number of rotatable bonds is 7. The number of benzene rings is 2. The van der Waals surface area contributed by atoms with Crippen molar-refractivity contribution in [3.05, 3.63) is 81.2 Å². The molecule has 1 heterocycles. The van der Waals surface area contributed by atoms with E-state index in [-0.39, 0.29) is 12.2 Å². The first-order chi connectivity index (χ1) is 14.7.